The van der Waals surface area contributed by atoms with Gasteiger partial charge >= 0.3 is 5.97 Å². The van der Waals surface area contributed by atoms with E-state index < -0.39 is 122 Å². The van der Waals surface area contributed by atoms with Gasteiger partial charge in [0, 0.05) is 45.6 Å². The van der Waals surface area contributed by atoms with Gasteiger partial charge in [-0.1, -0.05) is 0 Å². The van der Waals surface area contributed by atoms with Gasteiger partial charge in [-0.2, -0.15) is 0 Å². The third-order valence-corrected chi connectivity index (χ3v) is 11.7. The molecule has 0 saturated carbocycles. The summed E-state index contributed by atoms with van der Waals surface area (Å²) < 4.78 is 0. The number of β-amino-alcohol motifs (C(OH)–C–C–N with tert-alkyl or cyclic N) is 3. The number of hydrogen-bond donors (Lipinski definition) is 10. The van der Waals surface area contributed by atoms with Gasteiger partial charge in [0.25, 0.3) is 0 Å². The molecular weight excluding hydrogens is 792 g/mol. The van der Waals surface area contributed by atoms with Crippen molar-refractivity contribution < 1.29 is 63.6 Å². The Morgan fingerprint density at radius 1 is 0.633 bits per heavy atom. The number of amides is 8. The number of aliphatic hydroxyl groups is 3. The van der Waals surface area contributed by atoms with Crippen molar-refractivity contribution in [2.24, 2.45) is 5.73 Å². The van der Waals surface area contributed by atoms with Gasteiger partial charge < -0.3 is 72.3 Å². The minimum absolute atomic E-state index is 0.108. The summed E-state index contributed by atoms with van der Waals surface area (Å²) >= 11 is 0. The Kier molecular flexibility index (Phi) is 16.1. The Morgan fingerprint density at radius 3 is 1.72 bits per heavy atom. The van der Waals surface area contributed by atoms with E-state index in [0.29, 0.717) is 45.2 Å². The number of nitrogens with zero attached hydrogens (tertiary/aromatic N) is 4. The molecule has 0 aliphatic carbocycles. The van der Waals surface area contributed by atoms with E-state index in [1.807, 2.05) is 0 Å². The molecule has 0 unspecified atom stereocenters. The van der Waals surface area contributed by atoms with Crippen LogP contribution in [0.5, 0.6) is 0 Å². The van der Waals surface area contributed by atoms with Crippen molar-refractivity contribution >= 4 is 53.2 Å². The lowest BCUT2D eigenvalue weighted by Gasteiger charge is -2.31. The molecule has 334 valence electrons. The summed E-state index contributed by atoms with van der Waals surface area (Å²) in [5.74, 6) is -6.26. The molecule has 0 bridgehead atoms. The van der Waals surface area contributed by atoms with Crippen molar-refractivity contribution in [3.63, 3.8) is 0 Å². The number of aliphatic hydroxyl groups excluding tert-OH is 3. The van der Waals surface area contributed by atoms with Gasteiger partial charge in [-0.15, -0.1) is 0 Å². The molecule has 23 heteroatoms. The average Bonchev–Trinajstić information content (AvgIpc) is 4.07. The molecule has 0 aromatic rings. The first-order chi connectivity index (χ1) is 28.6. The van der Waals surface area contributed by atoms with Crippen LogP contribution in [0.3, 0.4) is 0 Å². The topological polar surface area (TPSA) is 334 Å². The lowest BCUT2D eigenvalue weighted by atomic mass is 10.1. The minimum atomic E-state index is -1.28. The Hall–Kier alpha value is -4.97. The number of nitrogens with two attached hydrogens (primary N) is 1. The van der Waals surface area contributed by atoms with E-state index in [0.717, 1.165) is 9.80 Å². The van der Waals surface area contributed by atoms with Crippen molar-refractivity contribution in [1.29, 1.82) is 0 Å². The average molecular weight is 851 g/mol. The number of rotatable bonds is 17. The molecule has 5 rings (SSSR count). The zero-order valence-electron chi connectivity index (χ0n) is 33.5. The fourth-order valence-corrected chi connectivity index (χ4v) is 8.64. The molecule has 0 aromatic heterocycles. The highest BCUT2D eigenvalue weighted by Crippen LogP contribution is 2.26. The molecule has 23 nitrogen and oxygen atoms in total. The molecule has 5 saturated heterocycles. The maximum absolute atomic E-state index is 13.9. The van der Waals surface area contributed by atoms with Crippen LogP contribution in [-0.4, -0.2) is 207 Å². The number of hydrogen-bond acceptors (Lipinski definition) is 14. The van der Waals surface area contributed by atoms with Crippen LogP contribution in [0.25, 0.3) is 0 Å². The van der Waals surface area contributed by atoms with Gasteiger partial charge in [-0.25, -0.2) is 0 Å². The first-order valence-electron chi connectivity index (χ1n) is 20.6. The third kappa shape index (κ3) is 11.4. The van der Waals surface area contributed by atoms with E-state index in [2.05, 4.69) is 26.6 Å². The number of unbranched alkanes of at least 4 members (excludes halogenated alkanes) is 1. The molecule has 0 aromatic carbocycles. The number of nitrogens with one attached hydrogen (secondary N) is 5. The molecule has 11 N–H and O–H groups in total. The summed E-state index contributed by atoms with van der Waals surface area (Å²) in [7, 11) is 0. The van der Waals surface area contributed by atoms with E-state index in [4.69, 9.17) is 10.8 Å². The maximum atomic E-state index is 13.9. The van der Waals surface area contributed by atoms with Gasteiger partial charge in [0.2, 0.25) is 47.3 Å². The van der Waals surface area contributed by atoms with Crippen LogP contribution in [0.1, 0.15) is 64.2 Å². The highest BCUT2D eigenvalue weighted by atomic mass is 16.4. The SMILES string of the molecule is NCCCC[C@H](NC(=O)[C@@H]1C[C@@H](O)CN1C(=O)CNC(=O)[C@@H]1CCCN1C(=O)[C@@H]1C[C@@H](O)CN1C(=O)CNC(=O)[C@@H]1CCCN1C(=O)[C@@H]1C[C@@H](O)CN1)C(=O)NCC(=O)O. The Morgan fingerprint density at radius 2 is 1.18 bits per heavy atom. The van der Waals surface area contributed by atoms with Gasteiger partial charge in [0.1, 0.15) is 36.8 Å². The molecule has 5 aliphatic heterocycles. The van der Waals surface area contributed by atoms with E-state index in [9.17, 15) is 58.5 Å². The van der Waals surface area contributed by atoms with Crippen LogP contribution in [-0.2, 0) is 43.2 Å². The van der Waals surface area contributed by atoms with E-state index in [1.54, 1.807) is 0 Å². The summed E-state index contributed by atoms with van der Waals surface area (Å²) in [6.45, 7) is -1.09. The lowest BCUT2D eigenvalue weighted by molar-refractivity contribution is -0.147. The Balaban J connectivity index is 1.14. The fourth-order valence-electron chi connectivity index (χ4n) is 8.64. The molecule has 60 heavy (non-hydrogen) atoms. The summed E-state index contributed by atoms with van der Waals surface area (Å²) in [5.41, 5.74) is 5.54. The van der Waals surface area contributed by atoms with Crippen LogP contribution in [0.2, 0.25) is 0 Å². The molecule has 5 aliphatic rings. The highest BCUT2D eigenvalue weighted by molar-refractivity contribution is 5.97. The number of carboxylic acid groups (broad SMARTS) is 1. The summed E-state index contributed by atoms with van der Waals surface area (Å²) in [6.07, 6.45) is -0.0835. The highest BCUT2D eigenvalue weighted by Gasteiger charge is 2.46. The zero-order valence-corrected chi connectivity index (χ0v) is 33.5. The van der Waals surface area contributed by atoms with Crippen LogP contribution in [0.4, 0.5) is 0 Å². The Labute approximate surface area is 346 Å². The van der Waals surface area contributed by atoms with Crippen molar-refractivity contribution in [3.05, 3.63) is 0 Å². The van der Waals surface area contributed by atoms with E-state index in [1.165, 1.54) is 9.80 Å². The minimum Gasteiger partial charge on any atom is -0.480 e. The molecular formula is C37H58N10O13. The number of carbonyl (C=O) groups is 9. The van der Waals surface area contributed by atoms with Crippen molar-refractivity contribution in [3.8, 4) is 0 Å². The van der Waals surface area contributed by atoms with Crippen LogP contribution >= 0.6 is 0 Å². The molecule has 0 radical (unpaired) electrons. The number of aliphatic carboxylic acids is 1. The molecule has 5 fully saturated rings. The predicted molar refractivity (Wildman–Crippen MR) is 206 cm³/mol. The monoisotopic (exact) mass is 850 g/mol. The van der Waals surface area contributed by atoms with Crippen LogP contribution in [0.15, 0.2) is 0 Å². The summed E-state index contributed by atoms with van der Waals surface area (Å²) in [5, 5.41) is 52.5. The van der Waals surface area contributed by atoms with E-state index >= 15 is 0 Å². The second-order valence-corrected chi connectivity index (χ2v) is 16.0. The Bertz CT molecular complexity index is 1650. The second-order valence-electron chi connectivity index (χ2n) is 16.0. The number of carboxylic acids is 1. The lowest BCUT2D eigenvalue weighted by Crippen LogP contribution is -2.56. The summed E-state index contributed by atoms with van der Waals surface area (Å²) in [4.78, 5) is 122. The number of carbonyl (C=O) groups excluding carboxylic acids is 8. The van der Waals surface area contributed by atoms with Crippen molar-refractivity contribution in [1.82, 2.24) is 46.2 Å². The van der Waals surface area contributed by atoms with Gasteiger partial charge in [0.05, 0.1) is 37.4 Å². The molecule has 8 amide bonds. The zero-order chi connectivity index (χ0) is 43.7. The number of likely N-dealkylation sites (tertiary alicyclic amines) is 4. The second kappa shape index (κ2) is 21.0. The normalized spacial score (nSPS) is 28.1. The smallest absolute Gasteiger partial charge is 0.322 e. The van der Waals surface area contributed by atoms with Gasteiger partial charge in [0.15, 0.2) is 0 Å². The molecule has 0 spiro atoms. The quantitative estimate of drug-likeness (QED) is 0.0609. The first-order valence-corrected chi connectivity index (χ1v) is 20.6. The molecule has 5 heterocycles. The maximum Gasteiger partial charge on any atom is 0.322 e. The van der Waals surface area contributed by atoms with Gasteiger partial charge in [-0.3, -0.25) is 43.2 Å². The fraction of sp³-hybridized carbons (Fsp3) is 0.757. The summed E-state index contributed by atoms with van der Waals surface area (Å²) in [6, 6.07) is -5.92. The van der Waals surface area contributed by atoms with E-state index in [-0.39, 0.29) is 64.2 Å². The van der Waals surface area contributed by atoms with Crippen molar-refractivity contribution in [2.75, 3.05) is 58.9 Å². The predicted octanol–water partition coefficient (Wildman–Crippen LogP) is -6.34. The largest absolute Gasteiger partial charge is 0.480 e. The standard InChI is InChI=1S/C37H58N10O13/c38-8-2-1-5-23(32(55)42-17-31(53)54)43-35(58)27-12-21(49)18-46(27)29(51)15-40-34(57)26-7-4-10-45(26)37(60)28-13-22(50)19-47(28)30(52)16-41-33(56)25-6-3-9-44(25)36(59)24-11-20(48)14-39-24/h20-28,39,48-50H,1-19,38H2,(H,40,57)(H,41,56)(H,42,55)(H,43,58)(H,53,54)/t20-,21-,22-,23+,24+,25+,26+,27+,28+/m1/s1. The van der Waals surface area contributed by atoms with Crippen LogP contribution < -0.4 is 32.3 Å². The van der Waals surface area contributed by atoms with Crippen molar-refractivity contribution in [2.45, 2.75) is 119 Å². The van der Waals surface area contributed by atoms with Crippen LogP contribution in [0, 0.1) is 0 Å². The van der Waals surface area contributed by atoms with Gasteiger partial charge in [-0.05, 0) is 57.9 Å². The molecule has 9 atom stereocenters. The first kappa shape index (κ1) is 46.1. The third-order valence-electron chi connectivity index (χ3n) is 11.7.